The van der Waals surface area contributed by atoms with E-state index in [9.17, 15) is 4.79 Å². The van der Waals surface area contributed by atoms with Gasteiger partial charge in [-0.25, -0.2) is 0 Å². The van der Waals surface area contributed by atoms with Crippen molar-refractivity contribution in [1.29, 1.82) is 0 Å². The quantitative estimate of drug-likeness (QED) is 0.478. The summed E-state index contributed by atoms with van der Waals surface area (Å²) in [6.45, 7) is 8.60. The van der Waals surface area contributed by atoms with Gasteiger partial charge in [-0.05, 0) is 73.4 Å². The first kappa shape index (κ1) is 18.5. The molecule has 2 aromatic rings. The van der Waals surface area contributed by atoms with E-state index in [0.29, 0.717) is 24.7 Å². The highest BCUT2D eigenvalue weighted by Gasteiger charge is 2.27. The number of ether oxygens (including phenoxy) is 2. The molecule has 3 nitrogen and oxygen atoms in total. The molecular formula is C23H28O3. The zero-order valence-corrected chi connectivity index (χ0v) is 16.2. The molecule has 1 aliphatic carbocycles. The van der Waals surface area contributed by atoms with E-state index >= 15 is 0 Å². The van der Waals surface area contributed by atoms with Gasteiger partial charge in [-0.15, -0.1) is 0 Å². The molecule has 0 aromatic heterocycles. The Kier molecular flexibility index (Phi) is 5.65. The van der Waals surface area contributed by atoms with Crippen molar-refractivity contribution in [3.8, 4) is 11.5 Å². The van der Waals surface area contributed by atoms with Crippen LogP contribution in [0.5, 0.6) is 11.5 Å². The van der Waals surface area contributed by atoms with Gasteiger partial charge in [0.25, 0.3) is 0 Å². The van der Waals surface area contributed by atoms with Gasteiger partial charge in [-0.1, -0.05) is 32.0 Å². The summed E-state index contributed by atoms with van der Waals surface area (Å²) in [6, 6.07) is 10.3. The third-order valence-corrected chi connectivity index (χ3v) is 5.14. The van der Waals surface area contributed by atoms with Crippen LogP contribution in [-0.4, -0.2) is 5.97 Å². The normalized spacial score (nSPS) is 13.5. The SMILES string of the molecule is CCC(=O)Oc1cccc(CC)c1COc1cc(C)c(C)cc1C1CC1. The number of hydrogen-bond acceptors (Lipinski definition) is 3. The van der Waals surface area contributed by atoms with Crippen LogP contribution in [0, 0.1) is 13.8 Å². The molecular weight excluding hydrogens is 324 g/mol. The van der Waals surface area contributed by atoms with Gasteiger partial charge in [0.05, 0.1) is 0 Å². The van der Waals surface area contributed by atoms with Crippen LogP contribution in [0.1, 0.15) is 66.8 Å². The highest BCUT2D eigenvalue weighted by atomic mass is 16.5. The Bertz CT molecular complexity index is 803. The van der Waals surface area contributed by atoms with Crippen LogP contribution in [0.3, 0.4) is 0 Å². The molecule has 0 aliphatic heterocycles. The van der Waals surface area contributed by atoms with Crippen molar-refractivity contribution in [3.63, 3.8) is 0 Å². The van der Waals surface area contributed by atoms with E-state index in [0.717, 1.165) is 23.3 Å². The van der Waals surface area contributed by atoms with Crippen molar-refractivity contribution in [1.82, 2.24) is 0 Å². The van der Waals surface area contributed by atoms with Gasteiger partial charge >= 0.3 is 5.97 Å². The van der Waals surface area contributed by atoms with E-state index in [1.54, 1.807) is 6.92 Å². The first-order valence-corrected chi connectivity index (χ1v) is 9.58. The lowest BCUT2D eigenvalue weighted by Crippen LogP contribution is -2.10. The maximum Gasteiger partial charge on any atom is 0.310 e. The zero-order chi connectivity index (χ0) is 18.7. The van der Waals surface area contributed by atoms with E-state index in [1.165, 1.54) is 29.5 Å². The summed E-state index contributed by atoms with van der Waals surface area (Å²) in [5.74, 6) is 2.00. The summed E-state index contributed by atoms with van der Waals surface area (Å²) >= 11 is 0. The standard InChI is InChI=1S/C23H28O3/c1-5-17-8-7-9-21(26-23(24)6-2)20(17)14-25-22-13-16(4)15(3)12-19(22)18-10-11-18/h7-9,12-13,18H,5-6,10-11,14H2,1-4H3. The maximum absolute atomic E-state index is 11.8. The molecule has 1 aliphatic rings. The maximum atomic E-state index is 11.8. The van der Waals surface area contributed by atoms with E-state index < -0.39 is 0 Å². The number of aryl methyl sites for hydroxylation is 3. The molecule has 1 saturated carbocycles. The summed E-state index contributed by atoms with van der Waals surface area (Å²) in [4.78, 5) is 11.8. The van der Waals surface area contributed by atoms with Crippen molar-refractivity contribution in [2.45, 2.75) is 65.9 Å². The lowest BCUT2D eigenvalue weighted by atomic mass is 10.0. The number of benzene rings is 2. The van der Waals surface area contributed by atoms with Gasteiger partial charge < -0.3 is 9.47 Å². The molecule has 26 heavy (non-hydrogen) atoms. The Morgan fingerprint density at radius 1 is 1.08 bits per heavy atom. The Labute approximate surface area is 156 Å². The van der Waals surface area contributed by atoms with Crippen molar-refractivity contribution in [2.75, 3.05) is 0 Å². The number of carbonyl (C=O) groups excluding carboxylic acids is 1. The van der Waals surface area contributed by atoms with E-state index in [-0.39, 0.29) is 5.97 Å². The molecule has 138 valence electrons. The molecule has 0 radical (unpaired) electrons. The molecule has 0 heterocycles. The highest BCUT2D eigenvalue weighted by Crippen LogP contribution is 2.45. The minimum atomic E-state index is -0.218. The Morgan fingerprint density at radius 3 is 2.46 bits per heavy atom. The Hall–Kier alpha value is -2.29. The summed E-state index contributed by atoms with van der Waals surface area (Å²) in [7, 11) is 0. The van der Waals surface area contributed by atoms with Crippen LogP contribution >= 0.6 is 0 Å². The number of rotatable bonds is 7. The summed E-state index contributed by atoms with van der Waals surface area (Å²) < 4.78 is 11.8. The highest BCUT2D eigenvalue weighted by molar-refractivity contribution is 5.72. The van der Waals surface area contributed by atoms with Crippen LogP contribution < -0.4 is 9.47 Å². The molecule has 0 spiro atoms. The fraction of sp³-hybridized carbons (Fsp3) is 0.435. The second-order valence-electron chi connectivity index (χ2n) is 7.11. The van der Waals surface area contributed by atoms with Crippen LogP contribution in [-0.2, 0) is 17.8 Å². The average Bonchev–Trinajstić information content (AvgIpc) is 3.47. The predicted octanol–water partition coefficient (Wildman–Crippen LogP) is 5.64. The summed E-state index contributed by atoms with van der Waals surface area (Å²) in [5, 5.41) is 0. The smallest absolute Gasteiger partial charge is 0.310 e. The van der Waals surface area contributed by atoms with Gasteiger partial charge in [0.2, 0.25) is 0 Å². The fourth-order valence-electron chi connectivity index (χ4n) is 3.20. The lowest BCUT2D eigenvalue weighted by molar-refractivity contribution is -0.134. The largest absolute Gasteiger partial charge is 0.488 e. The lowest BCUT2D eigenvalue weighted by Gasteiger charge is -2.17. The van der Waals surface area contributed by atoms with Crippen LogP contribution in [0.25, 0.3) is 0 Å². The van der Waals surface area contributed by atoms with E-state index in [4.69, 9.17) is 9.47 Å². The third kappa shape index (κ3) is 4.09. The van der Waals surface area contributed by atoms with Gasteiger partial charge in [0.15, 0.2) is 0 Å². The first-order valence-electron chi connectivity index (χ1n) is 9.58. The van der Waals surface area contributed by atoms with E-state index in [2.05, 4.69) is 39.0 Å². The van der Waals surface area contributed by atoms with Gasteiger partial charge in [0.1, 0.15) is 18.1 Å². The zero-order valence-electron chi connectivity index (χ0n) is 16.2. The predicted molar refractivity (Wildman–Crippen MR) is 104 cm³/mol. The molecule has 3 heteroatoms. The number of carbonyl (C=O) groups is 1. The summed E-state index contributed by atoms with van der Waals surface area (Å²) in [6.07, 6.45) is 3.71. The molecule has 2 aromatic carbocycles. The minimum absolute atomic E-state index is 0.218. The monoisotopic (exact) mass is 352 g/mol. The molecule has 0 bridgehead atoms. The molecule has 0 N–H and O–H groups in total. The third-order valence-electron chi connectivity index (χ3n) is 5.14. The molecule has 3 rings (SSSR count). The topological polar surface area (TPSA) is 35.5 Å². The van der Waals surface area contributed by atoms with Crippen molar-refractivity contribution in [2.24, 2.45) is 0 Å². The Morgan fingerprint density at radius 2 is 1.81 bits per heavy atom. The van der Waals surface area contributed by atoms with Crippen molar-refractivity contribution in [3.05, 3.63) is 58.1 Å². The first-order chi connectivity index (χ1) is 12.5. The second kappa shape index (κ2) is 7.94. The van der Waals surface area contributed by atoms with Gasteiger partial charge in [-0.2, -0.15) is 0 Å². The average molecular weight is 352 g/mol. The van der Waals surface area contributed by atoms with Crippen molar-refractivity contribution < 1.29 is 14.3 Å². The van der Waals surface area contributed by atoms with Crippen LogP contribution in [0.2, 0.25) is 0 Å². The van der Waals surface area contributed by atoms with E-state index in [1.807, 2.05) is 12.1 Å². The van der Waals surface area contributed by atoms with Gasteiger partial charge in [0, 0.05) is 12.0 Å². The van der Waals surface area contributed by atoms with Crippen molar-refractivity contribution >= 4 is 5.97 Å². The molecule has 1 fully saturated rings. The van der Waals surface area contributed by atoms with Crippen LogP contribution in [0.4, 0.5) is 0 Å². The number of hydrogen-bond donors (Lipinski definition) is 0. The fourth-order valence-corrected chi connectivity index (χ4v) is 3.20. The van der Waals surface area contributed by atoms with Crippen LogP contribution in [0.15, 0.2) is 30.3 Å². The summed E-state index contributed by atoms with van der Waals surface area (Å²) in [5.41, 5.74) is 5.99. The molecule has 0 atom stereocenters. The minimum Gasteiger partial charge on any atom is -0.488 e. The molecule has 0 saturated heterocycles. The molecule has 0 unspecified atom stereocenters. The molecule has 0 amide bonds. The van der Waals surface area contributed by atoms with Gasteiger partial charge in [-0.3, -0.25) is 4.79 Å². The second-order valence-corrected chi connectivity index (χ2v) is 7.11. The Balaban J connectivity index is 1.88. The number of esters is 1.